The number of carbonyl (C=O) groups is 1. The fraction of sp³-hybridized carbons (Fsp3) is 0.750. The van der Waals surface area contributed by atoms with Crippen LogP contribution in [0.25, 0.3) is 0 Å². The van der Waals surface area contributed by atoms with Crippen molar-refractivity contribution in [2.24, 2.45) is 16.8 Å². The third-order valence-electron chi connectivity index (χ3n) is 2.68. The molecule has 1 aliphatic heterocycles. The number of nitrogens with zero attached hydrogens (tertiary/aromatic N) is 2. The van der Waals surface area contributed by atoms with Gasteiger partial charge in [0, 0.05) is 24.9 Å². The highest BCUT2D eigenvalue weighted by atomic mass is 16.4. The van der Waals surface area contributed by atoms with Crippen molar-refractivity contribution in [2.75, 3.05) is 6.54 Å². The molecule has 1 saturated heterocycles. The smallest absolute Gasteiger partial charge is 0.223 e. The molecule has 1 atom stereocenters. The first kappa shape index (κ1) is 8.34. The fourth-order valence-electron chi connectivity index (χ4n) is 1.75. The Bertz CT molecular complexity index is 260. The molecule has 2 aliphatic rings. The van der Waals surface area contributed by atoms with Crippen LogP contribution < -0.4 is 5.73 Å². The van der Waals surface area contributed by atoms with Crippen molar-refractivity contribution in [3.05, 3.63) is 0 Å². The Balaban J connectivity index is 2.01. The number of rotatable bonds is 2. The van der Waals surface area contributed by atoms with Gasteiger partial charge < -0.3 is 15.8 Å². The van der Waals surface area contributed by atoms with E-state index in [9.17, 15) is 4.79 Å². The van der Waals surface area contributed by atoms with E-state index in [0.717, 1.165) is 12.8 Å². The van der Waals surface area contributed by atoms with E-state index in [1.54, 1.807) is 0 Å². The first-order chi connectivity index (χ1) is 6.22. The summed E-state index contributed by atoms with van der Waals surface area (Å²) in [5, 5.41) is 11.4. The van der Waals surface area contributed by atoms with Gasteiger partial charge in [-0.25, -0.2) is 0 Å². The molecule has 1 aliphatic carbocycles. The van der Waals surface area contributed by atoms with Crippen LogP contribution in [0.1, 0.15) is 19.3 Å². The monoisotopic (exact) mass is 183 g/mol. The van der Waals surface area contributed by atoms with Gasteiger partial charge in [-0.05, 0) is 12.8 Å². The van der Waals surface area contributed by atoms with Crippen molar-refractivity contribution in [1.29, 1.82) is 0 Å². The summed E-state index contributed by atoms with van der Waals surface area (Å²) in [7, 11) is 0. The molecule has 1 saturated carbocycles. The number of nitrogens with two attached hydrogens (primary N) is 1. The van der Waals surface area contributed by atoms with Crippen LogP contribution in [-0.4, -0.2) is 34.4 Å². The van der Waals surface area contributed by atoms with Crippen LogP contribution in [0.2, 0.25) is 0 Å². The van der Waals surface area contributed by atoms with Gasteiger partial charge in [0.15, 0.2) is 0 Å². The predicted molar refractivity (Wildman–Crippen MR) is 46.3 cm³/mol. The first-order valence-electron chi connectivity index (χ1n) is 4.49. The molecule has 0 aromatic rings. The Labute approximate surface area is 76.2 Å². The molecule has 1 heterocycles. The lowest BCUT2D eigenvalue weighted by atomic mass is 10.1. The minimum atomic E-state index is -0.0851. The van der Waals surface area contributed by atoms with Gasteiger partial charge in [-0.2, -0.15) is 0 Å². The summed E-state index contributed by atoms with van der Waals surface area (Å²) in [6.45, 7) is 0.624. The second kappa shape index (κ2) is 2.90. The van der Waals surface area contributed by atoms with Crippen molar-refractivity contribution < 1.29 is 10.0 Å². The molecule has 2 rings (SSSR count). The lowest BCUT2D eigenvalue weighted by Gasteiger charge is -2.14. The van der Waals surface area contributed by atoms with E-state index in [1.807, 2.05) is 4.90 Å². The van der Waals surface area contributed by atoms with E-state index in [1.165, 1.54) is 0 Å². The minimum absolute atomic E-state index is 0.0851. The molecule has 5 heteroatoms. The molecule has 0 bridgehead atoms. The maximum atomic E-state index is 11.4. The maximum Gasteiger partial charge on any atom is 0.223 e. The largest absolute Gasteiger partial charge is 0.409 e. The fourth-order valence-corrected chi connectivity index (χ4v) is 1.75. The highest BCUT2D eigenvalue weighted by Gasteiger charge is 2.40. The second-order valence-corrected chi connectivity index (χ2v) is 3.70. The minimum Gasteiger partial charge on any atom is -0.409 e. The van der Waals surface area contributed by atoms with Gasteiger partial charge in [0.1, 0.15) is 5.84 Å². The average Bonchev–Trinajstić information content (AvgIpc) is 2.89. The number of likely N-dealkylation sites (tertiary alicyclic amines) is 1. The van der Waals surface area contributed by atoms with Crippen LogP contribution in [0, 0.1) is 5.92 Å². The third-order valence-corrected chi connectivity index (χ3v) is 2.68. The number of oxime groups is 1. The molecule has 3 N–H and O–H groups in total. The summed E-state index contributed by atoms with van der Waals surface area (Å²) in [5.41, 5.74) is 5.44. The van der Waals surface area contributed by atoms with Crippen LogP contribution in [0.5, 0.6) is 0 Å². The zero-order chi connectivity index (χ0) is 9.42. The lowest BCUT2D eigenvalue weighted by Crippen LogP contribution is -2.30. The van der Waals surface area contributed by atoms with E-state index < -0.39 is 0 Å². The van der Waals surface area contributed by atoms with Crippen molar-refractivity contribution in [1.82, 2.24) is 4.90 Å². The highest BCUT2D eigenvalue weighted by molar-refractivity contribution is 5.91. The number of amidine groups is 1. The van der Waals surface area contributed by atoms with Crippen LogP contribution in [0.3, 0.4) is 0 Å². The molecule has 1 amide bonds. The standard InChI is InChI=1S/C8H13N3O2/c9-8(10-13)5-3-7(12)11(4-5)6-1-2-6/h5-6,13H,1-4H2,(H2,9,10)/t5-/m1/s1. The molecule has 0 spiro atoms. The topological polar surface area (TPSA) is 78.9 Å². The van der Waals surface area contributed by atoms with Gasteiger partial charge in [-0.3, -0.25) is 4.79 Å². The molecular formula is C8H13N3O2. The van der Waals surface area contributed by atoms with E-state index in [-0.39, 0.29) is 17.7 Å². The first-order valence-corrected chi connectivity index (χ1v) is 4.49. The van der Waals surface area contributed by atoms with Gasteiger partial charge >= 0.3 is 0 Å². The average molecular weight is 183 g/mol. The Morgan fingerprint density at radius 1 is 1.62 bits per heavy atom. The van der Waals surface area contributed by atoms with Gasteiger partial charge in [0.2, 0.25) is 5.91 Å². The van der Waals surface area contributed by atoms with Gasteiger partial charge in [0.25, 0.3) is 0 Å². The quantitative estimate of drug-likeness (QED) is 0.268. The summed E-state index contributed by atoms with van der Waals surface area (Å²) in [4.78, 5) is 13.3. The van der Waals surface area contributed by atoms with Crippen molar-refractivity contribution in [2.45, 2.75) is 25.3 Å². The molecule has 0 radical (unpaired) electrons. The number of hydrogen-bond donors (Lipinski definition) is 2. The Morgan fingerprint density at radius 2 is 2.31 bits per heavy atom. The molecular weight excluding hydrogens is 170 g/mol. The molecule has 72 valence electrons. The summed E-state index contributed by atoms with van der Waals surface area (Å²) < 4.78 is 0. The molecule has 0 unspecified atom stereocenters. The molecule has 2 fully saturated rings. The number of hydrogen-bond acceptors (Lipinski definition) is 3. The highest BCUT2D eigenvalue weighted by Crippen LogP contribution is 2.32. The molecule has 0 aromatic heterocycles. The number of carbonyl (C=O) groups excluding carboxylic acids is 1. The molecule has 5 nitrogen and oxygen atoms in total. The summed E-state index contributed by atoms with van der Waals surface area (Å²) >= 11 is 0. The van der Waals surface area contributed by atoms with Crippen LogP contribution in [0.4, 0.5) is 0 Å². The zero-order valence-electron chi connectivity index (χ0n) is 7.31. The Kier molecular flexibility index (Phi) is 1.86. The van der Waals surface area contributed by atoms with Gasteiger partial charge in [-0.15, -0.1) is 0 Å². The summed E-state index contributed by atoms with van der Waals surface area (Å²) in [6, 6.07) is 0.434. The van der Waals surface area contributed by atoms with E-state index in [4.69, 9.17) is 10.9 Å². The predicted octanol–water partition coefficient (Wildman–Crippen LogP) is -0.256. The number of amides is 1. The second-order valence-electron chi connectivity index (χ2n) is 3.70. The normalized spacial score (nSPS) is 29.8. The van der Waals surface area contributed by atoms with Crippen molar-refractivity contribution >= 4 is 11.7 Å². The maximum absolute atomic E-state index is 11.4. The third kappa shape index (κ3) is 1.46. The molecule has 13 heavy (non-hydrogen) atoms. The van der Waals surface area contributed by atoms with Crippen LogP contribution in [-0.2, 0) is 4.79 Å². The van der Waals surface area contributed by atoms with Crippen molar-refractivity contribution in [3.63, 3.8) is 0 Å². The Hall–Kier alpha value is -1.26. The van der Waals surface area contributed by atoms with E-state index >= 15 is 0 Å². The summed E-state index contributed by atoms with van der Waals surface area (Å²) in [5.74, 6) is 0.230. The zero-order valence-corrected chi connectivity index (χ0v) is 7.31. The van der Waals surface area contributed by atoms with E-state index in [0.29, 0.717) is 19.0 Å². The lowest BCUT2D eigenvalue weighted by molar-refractivity contribution is -0.128. The van der Waals surface area contributed by atoms with Crippen LogP contribution >= 0.6 is 0 Å². The Morgan fingerprint density at radius 3 is 2.85 bits per heavy atom. The van der Waals surface area contributed by atoms with E-state index in [2.05, 4.69) is 5.16 Å². The summed E-state index contributed by atoms with van der Waals surface area (Å²) in [6.07, 6.45) is 2.61. The van der Waals surface area contributed by atoms with Gasteiger partial charge in [0.05, 0.1) is 0 Å². The molecule has 0 aromatic carbocycles. The SMILES string of the molecule is NC(=NO)[C@@H]1CC(=O)N(C2CC2)C1. The van der Waals surface area contributed by atoms with Gasteiger partial charge in [-0.1, -0.05) is 5.16 Å². The van der Waals surface area contributed by atoms with Crippen molar-refractivity contribution in [3.8, 4) is 0 Å². The van der Waals surface area contributed by atoms with Crippen LogP contribution in [0.15, 0.2) is 5.16 Å².